The topological polar surface area (TPSA) is 0 Å². The SMILES string of the molecule is C[Si](C)(C)c1cccc2c1-c1c(c(C3=CC=CC3)c([Si](C)(C)C)c([Si](C)(C)C)c1[Si](C)(C)C)C2. The van der Waals surface area contributed by atoms with Gasteiger partial charge < -0.3 is 0 Å². The molecule has 0 unspecified atom stereocenters. The largest absolute Gasteiger partial charge is 0.0801 e. The molecular weight excluding hydrogens is 473 g/mol. The highest BCUT2D eigenvalue weighted by Crippen LogP contribution is 2.41. The van der Waals surface area contributed by atoms with E-state index in [0.717, 1.165) is 12.8 Å². The van der Waals surface area contributed by atoms with Gasteiger partial charge in [0.1, 0.15) is 0 Å². The van der Waals surface area contributed by atoms with Crippen molar-refractivity contribution in [2.45, 2.75) is 91.4 Å². The molecule has 4 heteroatoms. The molecule has 2 aromatic rings. The van der Waals surface area contributed by atoms with Crippen LogP contribution in [0.15, 0.2) is 36.4 Å². The molecule has 2 aliphatic rings. The van der Waals surface area contributed by atoms with Gasteiger partial charge in [-0.2, -0.15) is 0 Å². The minimum absolute atomic E-state index is 1.10. The van der Waals surface area contributed by atoms with Gasteiger partial charge in [0, 0.05) is 0 Å². The lowest BCUT2D eigenvalue weighted by Crippen LogP contribution is -2.68. The number of hydrogen-bond acceptors (Lipinski definition) is 0. The summed E-state index contributed by atoms with van der Waals surface area (Å²) in [6.45, 7) is 31.1. The molecule has 2 aromatic carbocycles. The van der Waals surface area contributed by atoms with E-state index < -0.39 is 32.3 Å². The average Bonchev–Trinajstić information content (AvgIpc) is 3.30. The minimum atomic E-state index is -1.63. The van der Waals surface area contributed by atoms with Crippen LogP contribution in [0.4, 0.5) is 0 Å². The zero-order chi connectivity index (χ0) is 25.4. The van der Waals surface area contributed by atoms with Gasteiger partial charge in [-0.15, -0.1) is 0 Å². The Balaban J connectivity index is 2.32. The fourth-order valence-electron chi connectivity index (χ4n) is 6.35. The van der Waals surface area contributed by atoms with Crippen LogP contribution in [-0.2, 0) is 6.42 Å². The van der Waals surface area contributed by atoms with Gasteiger partial charge in [-0.3, -0.25) is 0 Å². The molecule has 2 aliphatic carbocycles. The van der Waals surface area contributed by atoms with Crippen molar-refractivity contribution in [3.8, 4) is 11.1 Å². The maximum absolute atomic E-state index is 2.62. The third-order valence-corrected chi connectivity index (χ3v) is 16.1. The fraction of sp³-hybridized carbons (Fsp3) is 0.467. The van der Waals surface area contributed by atoms with Crippen LogP contribution >= 0.6 is 0 Å². The molecule has 0 nitrogen and oxygen atoms in total. The van der Waals surface area contributed by atoms with Crippen LogP contribution < -0.4 is 20.7 Å². The van der Waals surface area contributed by atoms with Crippen LogP contribution in [0.5, 0.6) is 0 Å². The summed E-state index contributed by atoms with van der Waals surface area (Å²) >= 11 is 0. The molecule has 182 valence electrons. The molecule has 0 fully saturated rings. The second kappa shape index (κ2) is 8.15. The van der Waals surface area contributed by atoms with Crippen molar-refractivity contribution in [2.75, 3.05) is 0 Å². The van der Waals surface area contributed by atoms with E-state index in [9.17, 15) is 0 Å². The van der Waals surface area contributed by atoms with E-state index >= 15 is 0 Å². The predicted octanol–water partition coefficient (Wildman–Crippen LogP) is 6.78. The van der Waals surface area contributed by atoms with E-state index in [0.29, 0.717) is 0 Å². The highest BCUT2D eigenvalue weighted by molar-refractivity contribution is 7.05. The van der Waals surface area contributed by atoms with Crippen LogP contribution in [0, 0.1) is 0 Å². The van der Waals surface area contributed by atoms with Gasteiger partial charge in [0.2, 0.25) is 0 Å². The van der Waals surface area contributed by atoms with Gasteiger partial charge in [-0.25, -0.2) is 0 Å². The van der Waals surface area contributed by atoms with Crippen LogP contribution in [-0.4, -0.2) is 32.3 Å². The summed E-state index contributed by atoms with van der Waals surface area (Å²) in [4.78, 5) is 0. The highest BCUT2D eigenvalue weighted by atomic mass is 28.3. The second-order valence-corrected chi connectivity index (χ2v) is 34.7. The van der Waals surface area contributed by atoms with Crippen LogP contribution in [0.3, 0.4) is 0 Å². The van der Waals surface area contributed by atoms with E-state index in [4.69, 9.17) is 0 Å². The van der Waals surface area contributed by atoms with Gasteiger partial charge in [0.05, 0.1) is 32.3 Å². The minimum Gasteiger partial charge on any atom is -0.0801 e. The van der Waals surface area contributed by atoms with Gasteiger partial charge in [-0.1, -0.05) is 136 Å². The summed E-state index contributed by atoms with van der Waals surface area (Å²) in [7, 11) is -6.35. The van der Waals surface area contributed by atoms with Crippen molar-refractivity contribution in [3.63, 3.8) is 0 Å². The second-order valence-electron chi connectivity index (χ2n) is 14.7. The molecule has 0 atom stereocenters. The maximum Gasteiger partial charge on any atom is 0.0784 e. The normalized spacial score (nSPS) is 16.1. The third kappa shape index (κ3) is 4.29. The first-order chi connectivity index (χ1) is 15.4. The summed E-state index contributed by atoms with van der Waals surface area (Å²) in [6.07, 6.45) is 9.32. The van der Waals surface area contributed by atoms with Crippen molar-refractivity contribution >= 4 is 58.6 Å². The molecule has 0 amide bonds. The van der Waals surface area contributed by atoms with E-state index in [1.807, 2.05) is 15.6 Å². The Hall–Kier alpha value is -1.21. The Morgan fingerprint density at radius 1 is 0.588 bits per heavy atom. The standard InChI is InChI=1S/C30H46Si4/c1-31(2,3)24-19-15-18-22-20-23-25(21-16-13-14-17-21)28(32(4,5)6)30(34(10,11)12)29(33(7,8)9)27(23)26(22)24/h13-16,18-19H,17,20H2,1-12H3. The summed E-state index contributed by atoms with van der Waals surface area (Å²) in [5.74, 6) is 0. The molecule has 0 heterocycles. The number of fused-ring (bicyclic) bond motifs is 3. The molecule has 0 saturated carbocycles. The summed E-state index contributed by atoms with van der Waals surface area (Å²) in [5, 5.41) is 7.18. The lowest BCUT2D eigenvalue weighted by molar-refractivity contribution is 1.24. The summed E-state index contributed by atoms with van der Waals surface area (Å²) in [6, 6.07) is 7.27. The highest BCUT2D eigenvalue weighted by Gasteiger charge is 2.43. The molecule has 0 aromatic heterocycles. The first kappa shape index (κ1) is 25.9. The van der Waals surface area contributed by atoms with Crippen molar-refractivity contribution in [1.82, 2.24) is 0 Å². The number of allylic oxidation sites excluding steroid dienone is 4. The monoisotopic (exact) mass is 518 g/mol. The smallest absolute Gasteiger partial charge is 0.0784 e. The Bertz CT molecular complexity index is 1220. The Labute approximate surface area is 213 Å². The zero-order valence-electron chi connectivity index (χ0n) is 23.9. The van der Waals surface area contributed by atoms with Crippen LogP contribution in [0.25, 0.3) is 16.7 Å². The Morgan fingerprint density at radius 2 is 1.15 bits per heavy atom. The predicted molar refractivity (Wildman–Crippen MR) is 168 cm³/mol. The average molecular weight is 519 g/mol. The first-order valence-corrected chi connectivity index (χ1v) is 27.2. The van der Waals surface area contributed by atoms with E-state index in [2.05, 4.69) is 115 Å². The Kier molecular flexibility index (Phi) is 6.20. The van der Waals surface area contributed by atoms with E-state index in [-0.39, 0.29) is 0 Å². The lowest BCUT2D eigenvalue weighted by Gasteiger charge is -2.39. The van der Waals surface area contributed by atoms with Crippen molar-refractivity contribution in [3.05, 3.63) is 53.1 Å². The molecule has 4 rings (SSSR count). The van der Waals surface area contributed by atoms with Crippen molar-refractivity contribution in [1.29, 1.82) is 0 Å². The maximum atomic E-state index is 2.62. The molecule has 0 N–H and O–H groups in total. The summed E-state index contributed by atoms with van der Waals surface area (Å²) in [5.41, 5.74) is 9.90. The van der Waals surface area contributed by atoms with Gasteiger partial charge in [-0.05, 0) is 46.2 Å². The Morgan fingerprint density at radius 3 is 1.62 bits per heavy atom. The zero-order valence-corrected chi connectivity index (χ0v) is 27.9. The molecule has 34 heavy (non-hydrogen) atoms. The van der Waals surface area contributed by atoms with Gasteiger partial charge in [0.15, 0.2) is 0 Å². The molecule has 0 radical (unpaired) electrons. The fourth-order valence-corrected chi connectivity index (χ4v) is 18.2. The molecule has 0 saturated heterocycles. The summed E-state index contributed by atoms with van der Waals surface area (Å²) < 4.78 is 0. The van der Waals surface area contributed by atoms with E-state index in [1.165, 1.54) is 0 Å². The molecule has 0 bridgehead atoms. The van der Waals surface area contributed by atoms with Gasteiger partial charge in [0.25, 0.3) is 0 Å². The number of rotatable bonds is 5. The van der Waals surface area contributed by atoms with E-state index in [1.54, 1.807) is 38.6 Å². The third-order valence-electron chi connectivity index (χ3n) is 7.52. The molecule has 0 spiro atoms. The van der Waals surface area contributed by atoms with Crippen LogP contribution in [0.2, 0.25) is 78.6 Å². The van der Waals surface area contributed by atoms with Gasteiger partial charge >= 0.3 is 0 Å². The molecular formula is C30H46Si4. The number of benzene rings is 2. The van der Waals surface area contributed by atoms with Crippen molar-refractivity contribution in [2.24, 2.45) is 0 Å². The quantitative estimate of drug-likeness (QED) is 0.326. The molecule has 0 aliphatic heterocycles. The lowest BCUT2D eigenvalue weighted by atomic mass is 9.94. The van der Waals surface area contributed by atoms with Crippen molar-refractivity contribution < 1.29 is 0 Å². The number of hydrogen-bond donors (Lipinski definition) is 0. The first-order valence-electron chi connectivity index (χ1n) is 13.2. The van der Waals surface area contributed by atoms with Crippen LogP contribution in [0.1, 0.15) is 23.1 Å².